The zero-order valence-electron chi connectivity index (χ0n) is 16.6. The molecule has 150 valence electrons. The Kier molecular flexibility index (Phi) is 3.88. The summed E-state index contributed by atoms with van der Waals surface area (Å²) in [6, 6.07) is 3.61. The third-order valence-electron chi connectivity index (χ3n) is 5.54. The molecule has 1 saturated carbocycles. The lowest BCUT2D eigenvalue weighted by Gasteiger charge is -2.11. The molecule has 0 saturated heterocycles. The fourth-order valence-corrected chi connectivity index (χ4v) is 3.86. The highest BCUT2D eigenvalue weighted by Crippen LogP contribution is 2.39. The van der Waals surface area contributed by atoms with Gasteiger partial charge in [-0.05, 0) is 51.3 Å². The minimum absolute atomic E-state index is 0.167. The van der Waals surface area contributed by atoms with Crippen molar-refractivity contribution in [3.63, 3.8) is 0 Å². The van der Waals surface area contributed by atoms with Gasteiger partial charge in [0.1, 0.15) is 22.7 Å². The van der Waals surface area contributed by atoms with Crippen LogP contribution in [0.2, 0.25) is 0 Å². The Balaban J connectivity index is 1.56. The standard InChI is InChI=1S/C21H22F2N6/c1-11(2)29-12(3)27-18-16(22)6-13(7-17(18)29)14-8-24-19-15(14)9-25-20(28-19)26-10-21(23)4-5-21/h6-9,11H,4-5,10H2,1-3H3,(H2,24,25,26,28). The number of hydrogen-bond acceptors (Lipinski definition) is 4. The molecule has 3 heterocycles. The van der Waals surface area contributed by atoms with Crippen LogP contribution in [0.4, 0.5) is 14.7 Å². The molecule has 1 aliphatic carbocycles. The molecule has 5 rings (SSSR count). The van der Waals surface area contributed by atoms with Gasteiger partial charge in [-0.2, -0.15) is 4.98 Å². The quantitative estimate of drug-likeness (QED) is 0.502. The van der Waals surface area contributed by atoms with Gasteiger partial charge in [-0.1, -0.05) is 0 Å². The van der Waals surface area contributed by atoms with Crippen molar-refractivity contribution in [2.75, 3.05) is 11.9 Å². The maximum Gasteiger partial charge on any atom is 0.224 e. The Morgan fingerprint density at radius 1 is 1.28 bits per heavy atom. The zero-order valence-corrected chi connectivity index (χ0v) is 16.6. The predicted octanol–water partition coefficient (Wildman–Crippen LogP) is 4.92. The molecule has 0 bridgehead atoms. The first kappa shape index (κ1) is 18.0. The number of aromatic nitrogens is 5. The van der Waals surface area contributed by atoms with E-state index in [0.717, 1.165) is 27.9 Å². The summed E-state index contributed by atoms with van der Waals surface area (Å²) >= 11 is 0. The number of alkyl halides is 1. The Hall–Kier alpha value is -3.03. The van der Waals surface area contributed by atoms with Crippen LogP contribution in [0, 0.1) is 12.7 Å². The predicted molar refractivity (Wildman–Crippen MR) is 109 cm³/mol. The van der Waals surface area contributed by atoms with E-state index in [4.69, 9.17) is 0 Å². The van der Waals surface area contributed by atoms with Gasteiger partial charge in [-0.25, -0.2) is 18.7 Å². The van der Waals surface area contributed by atoms with Gasteiger partial charge in [-0.3, -0.25) is 0 Å². The van der Waals surface area contributed by atoms with Crippen LogP contribution in [0.3, 0.4) is 0 Å². The largest absolute Gasteiger partial charge is 0.351 e. The highest BCUT2D eigenvalue weighted by atomic mass is 19.1. The molecule has 1 aromatic carbocycles. The number of anilines is 1. The highest BCUT2D eigenvalue weighted by Gasteiger charge is 2.43. The fourth-order valence-electron chi connectivity index (χ4n) is 3.86. The van der Waals surface area contributed by atoms with E-state index in [0.29, 0.717) is 30.0 Å². The number of aromatic amines is 1. The monoisotopic (exact) mass is 396 g/mol. The molecule has 8 heteroatoms. The molecule has 29 heavy (non-hydrogen) atoms. The lowest BCUT2D eigenvalue weighted by atomic mass is 10.1. The van der Waals surface area contributed by atoms with E-state index in [1.54, 1.807) is 12.4 Å². The number of H-pyrrole nitrogens is 1. The second-order valence-corrected chi connectivity index (χ2v) is 8.11. The maximum absolute atomic E-state index is 14.8. The summed E-state index contributed by atoms with van der Waals surface area (Å²) in [7, 11) is 0. The second kappa shape index (κ2) is 6.23. The molecule has 0 aliphatic heterocycles. The molecule has 2 N–H and O–H groups in total. The molecular weight excluding hydrogens is 374 g/mol. The molecule has 0 atom stereocenters. The summed E-state index contributed by atoms with van der Waals surface area (Å²) in [4.78, 5) is 16.3. The van der Waals surface area contributed by atoms with Crippen molar-refractivity contribution >= 4 is 28.0 Å². The Bertz CT molecular complexity index is 1240. The van der Waals surface area contributed by atoms with Crippen LogP contribution in [-0.4, -0.2) is 36.7 Å². The molecule has 3 aromatic heterocycles. The number of fused-ring (bicyclic) bond motifs is 2. The van der Waals surface area contributed by atoms with Gasteiger partial charge in [-0.15, -0.1) is 0 Å². The Morgan fingerprint density at radius 2 is 2.07 bits per heavy atom. The number of aryl methyl sites for hydroxylation is 1. The normalized spacial score (nSPS) is 15.5. The van der Waals surface area contributed by atoms with E-state index >= 15 is 0 Å². The van der Waals surface area contributed by atoms with Gasteiger partial charge >= 0.3 is 0 Å². The average molecular weight is 396 g/mol. The molecule has 0 radical (unpaired) electrons. The third kappa shape index (κ3) is 3.03. The Labute approximate surface area is 166 Å². The van der Waals surface area contributed by atoms with Crippen LogP contribution >= 0.6 is 0 Å². The van der Waals surface area contributed by atoms with E-state index in [9.17, 15) is 8.78 Å². The van der Waals surface area contributed by atoms with Crippen molar-refractivity contribution < 1.29 is 8.78 Å². The van der Waals surface area contributed by atoms with E-state index in [1.165, 1.54) is 6.07 Å². The first-order chi connectivity index (χ1) is 13.8. The molecule has 0 spiro atoms. The number of nitrogens with one attached hydrogen (secondary N) is 2. The summed E-state index contributed by atoms with van der Waals surface area (Å²) in [5.74, 6) is 0.807. The van der Waals surface area contributed by atoms with Gasteiger partial charge in [0.15, 0.2) is 5.82 Å². The van der Waals surface area contributed by atoms with Crippen LogP contribution in [0.25, 0.3) is 33.2 Å². The molecule has 1 aliphatic rings. The van der Waals surface area contributed by atoms with Gasteiger partial charge in [0, 0.05) is 29.4 Å². The SMILES string of the molecule is Cc1nc2c(F)cc(-c3c[nH]c4nc(NCC5(F)CC5)ncc34)cc2n1C(C)C. The summed E-state index contributed by atoms with van der Waals surface area (Å²) in [6.45, 7) is 6.20. The van der Waals surface area contributed by atoms with Gasteiger partial charge in [0.25, 0.3) is 0 Å². The van der Waals surface area contributed by atoms with Crippen molar-refractivity contribution in [2.45, 2.75) is 45.3 Å². The zero-order chi connectivity index (χ0) is 20.3. The van der Waals surface area contributed by atoms with Crippen molar-refractivity contribution in [1.29, 1.82) is 0 Å². The van der Waals surface area contributed by atoms with Crippen LogP contribution in [-0.2, 0) is 0 Å². The van der Waals surface area contributed by atoms with E-state index < -0.39 is 5.67 Å². The van der Waals surface area contributed by atoms with E-state index in [2.05, 4.69) is 39.1 Å². The van der Waals surface area contributed by atoms with E-state index in [1.807, 2.05) is 17.6 Å². The van der Waals surface area contributed by atoms with Gasteiger partial charge in [0.05, 0.1) is 12.1 Å². The molecule has 0 unspecified atom stereocenters. The lowest BCUT2D eigenvalue weighted by Crippen LogP contribution is -2.17. The van der Waals surface area contributed by atoms with E-state index in [-0.39, 0.29) is 18.4 Å². The van der Waals surface area contributed by atoms with Crippen molar-refractivity contribution in [1.82, 2.24) is 24.5 Å². The minimum atomic E-state index is -1.12. The van der Waals surface area contributed by atoms with Crippen molar-refractivity contribution in [2.24, 2.45) is 0 Å². The van der Waals surface area contributed by atoms with Crippen LogP contribution < -0.4 is 5.32 Å². The smallest absolute Gasteiger partial charge is 0.224 e. The van der Waals surface area contributed by atoms with Crippen LogP contribution in [0.15, 0.2) is 24.5 Å². The summed E-state index contributed by atoms with van der Waals surface area (Å²) in [6.07, 6.45) is 4.64. The van der Waals surface area contributed by atoms with Crippen molar-refractivity contribution in [3.8, 4) is 11.1 Å². The first-order valence-corrected chi connectivity index (χ1v) is 9.80. The topological polar surface area (TPSA) is 71.4 Å². The molecule has 6 nitrogen and oxygen atoms in total. The Morgan fingerprint density at radius 3 is 2.79 bits per heavy atom. The van der Waals surface area contributed by atoms with Crippen LogP contribution in [0.5, 0.6) is 0 Å². The minimum Gasteiger partial charge on any atom is -0.351 e. The number of rotatable bonds is 5. The molecule has 1 fully saturated rings. The fraction of sp³-hybridized carbons (Fsp3) is 0.381. The summed E-state index contributed by atoms with van der Waals surface area (Å²) < 4.78 is 30.7. The maximum atomic E-state index is 14.8. The average Bonchev–Trinajstić information content (AvgIpc) is 3.11. The second-order valence-electron chi connectivity index (χ2n) is 8.11. The molecule has 0 amide bonds. The number of halogens is 2. The summed E-state index contributed by atoms with van der Waals surface area (Å²) in [5.41, 5.74) is 2.18. The third-order valence-corrected chi connectivity index (χ3v) is 5.54. The van der Waals surface area contributed by atoms with Crippen LogP contribution in [0.1, 0.15) is 38.6 Å². The molecular formula is C21H22F2N6. The summed E-state index contributed by atoms with van der Waals surface area (Å²) in [5, 5.41) is 3.74. The van der Waals surface area contributed by atoms with Crippen molar-refractivity contribution in [3.05, 3.63) is 36.2 Å². The lowest BCUT2D eigenvalue weighted by molar-refractivity contribution is 0.326. The molecule has 4 aromatic rings. The van der Waals surface area contributed by atoms with Gasteiger partial charge in [0.2, 0.25) is 5.95 Å². The number of nitrogens with zero attached hydrogens (tertiary/aromatic N) is 4. The van der Waals surface area contributed by atoms with Gasteiger partial charge < -0.3 is 14.9 Å². The first-order valence-electron chi connectivity index (χ1n) is 9.80. The highest BCUT2D eigenvalue weighted by molar-refractivity contribution is 5.96. The number of imidazole rings is 1. The number of benzene rings is 1. The number of hydrogen-bond donors (Lipinski definition) is 2.